The van der Waals surface area contributed by atoms with Gasteiger partial charge in [-0.25, -0.2) is 0 Å². The van der Waals surface area contributed by atoms with Gasteiger partial charge in [0.2, 0.25) is 0 Å². The summed E-state index contributed by atoms with van der Waals surface area (Å²) in [5.74, 6) is 0.894. The van der Waals surface area contributed by atoms with Gasteiger partial charge in [0, 0.05) is 43.9 Å². The highest BCUT2D eigenvalue weighted by atomic mass is 16.3. The highest BCUT2D eigenvalue weighted by Crippen LogP contribution is 2.44. The molecule has 1 aliphatic heterocycles. The van der Waals surface area contributed by atoms with Crippen LogP contribution < -0.4 is 0 Å². The van der Waals surface area contributed by atoms with E-state index in [9.17, 15) is 5.11 Å². The minimum absolute atomic E-state index is 0.168. The van der Waals surface area contributed by atoms with Crippen molar-refractivity contribution in [2.75, 3.05) is 19.7 Å². The second-order valence-electron chi connectivity index (χ2n) is 6.64. The Morgan fingerprint density at radius 2 is 2.32 bits per heavy atom. The van der Waals surface area contributed by atoms with Gasteiger partial charge in [-0.3, -0.25) is 9.58 Å². The SMILES string of the molecule is Cn1cc(CN2CCC[C@@](CO)(CC3CC3)C2)cn1. The Hall–Kier alpha value is -0.870. The zero-order valence-corrected chi connectivity index (χ0v) is 11.9. The lowest BCUT2D eigenvalue weighted by Gasteiger charge is -2.42. The fourth-order valence-electron chi connectivity index (χ4n) is 3.55. The first-order valence-corrected chi connectivity index (χ1v) is 7.50. The van der Waals surface area contributed by atoms with Gasteiger partial charge in [0.15, 0.2) is 0 Å². The van der Waals surface area contributed by atoms with Crippen molar-refractivity contribution in [3.63, 3.8) is 0 Å². The summed E-state index contributed by atoms with van der Waals surface area (Å²) in [5, 5.41) is 14.1. The molecule has 1 N–H and O–H groups in total. The maximum Gasteiger partial charge on any atom is 0.0534 e. The number of piperidine rings is 1. The minimum atomic E-state index is 0.168. The molecule has 0 amide bonds. The number of likely N-dealkylation sites (tertiary alicyclic amines) is 1. The molecule has 4 heteroatoms. The number of nitrogens with zero attached hydrogens (tertiary/aromatic N) is 3. The molecule has 1 saturated carbocycles. The van der Waals surface area contributed by atoms with Crippen LogP contribution in [0.3, 0.4) is 0 Å². The number of hydrogen-bond donors (Lipinski definition) is 1. The molecule has 106 valence electrons. The molecule has 1 aromatic heterocycles. The summed E-state index contributed by atoms with van der Waals surface area (Å²) >= 11 is 0. The van der Waals surface area contributed by atoms with Gasteiger partial charge >= 0.3 is 0 Å². The van der Waals surface area contributed by atoms with Crippen LogP contribution >= 0.6 is 0 Å². The lowest BCUT2D eigenvalue weighted by molar-refractivity contribution is 0.0180. The van der Waals surface area contributed by atoms with Crippen molar-refractivity contribution in [2.45, 2.75) is 38.6 Å². The third-order valence-corrected chi connectivity index (χ3v) is 4.66. The first-order chi connectivity index (χ1) is 9.19. The molecule has 0 radical (unpaired) electrons. The maximum absolute atomic E-state index is 9.86. The van der Waals surface area contributed by atoms with Crippen molar-refractivity contribution in [3.8, 4) is 0 Å². The highest BCUT2D eigenvalue weighted by Gasteiger charge is 2.39. The first kappa shape index (κ1) is 13.1. The molecular formula is C15H25N3O. The standard InChI is InChI=1S/C15H25N3O/c1-17-9-14(8-16-17)10-18-6-2-5-15(11-18,12-19)7-13-3-4-13/h8-9,13,19H,2-7,10-12H2,1H3/t15-/m1/s1. The normalized spacial score (nSPS) is 28.7. The molecule has 2 aliphatic rings. The third kappa shape index (κ3) is 3.18. The molecule has 0 unspecified atom stereocenters. The lowest BCUT2D eigenvalue weighted by Crippen LogP contribution is -2.45. The van der Waals surface area contributed by atoms with Crippen molar-refractivity contribution in [1.82, 2.24) is 14.7 Å². The van der Waals surface area contributed by atoms with Crippen molar-refractivity contribution in [2.24, 2.45) is 18.4 Å². The Morgan fingerprint density at radius 3 is 2.95 bits per heavy atom. The summed E-state index contributed by atoms with van der Waals surface area (Å²) < 4.78 is 1.86. The molecule has 3 rings (SSSR count). The van der Waals surface area contributed by atoms with Crippen molar-refractivity contribution >= 4 is 0 Å². The van der Waals surface area contributed by atoms with Crippen molar-refractivity contribution in [1.29, 1.82) is 0 Å². The number of aliphatic hydroxyl groups excluding tert-OH is 1. The highest BCUT2D eigenvalue weighted by molar-refractivity contribution is 5.04. The van der Waals surface area contributed by atoms with Gasteiger partial charge in [0.25, 0.3) is 0 Å². The van der Waals surface area contributed by atoms with Gasteiger partial charge in [0.05, 0.1) is 6.20 Å². The zero-order chi connectivity index (χ0) is 13.3. The average molecular weight is 263 g/mol. The summed E-state index contributed by atoms with van der Waals surface area (Å²) in [5.41, 5.74) is 1.45. The van der Waals surface area contributed by atoms with Crippen LogP contribution in [-0.4, -0.2) is 39.5 Å². The average Bonchev–Trinajstić information content (AvgIpc) is 3.11. The quantitative estimate of drug-likeness (QED) is 0.880. The van der Waals surface area contributed by atoms with Gasteiger partial charge in [-0.2, -0.15) is 5.10 Å². The van der Waals surface area contributed by atoms with Gasteiger partial charge in [-0.15, -0.1) is 0 Å². The van der Waals surface area contributed by atoms with E-state index in [2.05, 4.69) is 16.2 Å². The topological polar surface area (TPSA) is 41.3 Å². The fourth-order valence-corrected chi connectivity index (χ4v) is 3.55. The van der Waals surface area contributed by atoms with Crippen LogP contribution in [0.25, 0.3) is 0 Å². The Bertz CT molecular complexity index is 427. The van der Waals surface area contributed by atoms with E-state index in [0.717, 1.165) is 25.6 Å². The smallest absolute Gasteiger partial charge is 0.0534 e. The van der Waals surface area contributed by atoms with Gasteiger partial charge < -0.3 is 5.11 Å². The Morgan fingerprint density at radius 1 is 1.47 bits per heavy atom. The minimum Gasteiger partial charge on any atom is -0.396 e. The number of aromatic nitrogens is 2. The third-order valence-electron chi connectivity index (χ3n) is 4.66. The van der Waals surface area contributed by atoms with Gasteiger partial charge in [-0.05, 0) is 31.7 Å². The lowest BCUT2D eigenvalue weighted by atomic mass is 9.76. The second-order valence-corrected chi connectivity index (χ2v) is 6.64. The first-order valence-electron chi connectivity index (χ1n) is 7.50. The number of aliphatic hydroxyl groups is 1. The molecule has 1 saturated heterocycles. The summed E-state index contributed by atoms with van der Waals surface area (Å²) in [6.45, 7) is 3.53. The van der Waals surface area contributed by atoms with E-state index in [-0.39, 0.29) is 5.41 Å². The van der Waals surface area contributed by atoms with Crippen LogP contribution in [0, 0.1) is 11.3 Å². The molecule has 2 fully saturated rings. The molecule has 4 nitrogen and oxygen atoms in total. The molecule has 19 heavy (non-hydrogen) atoms. The summed E-state index contributed by atoms with van der Waals surface area (Å²) in [7, 11) is 1.96. The molecule has 1 aromatic rings. The van der Waals surface area contributed by atoms with Crippen molar-refractivity contribution < 1.29 is 5.11 Å². The van der Waals surface area contributed by atoms with E-state index in [1.807, 2.05) is 17.9 Å². The van der Waals surface area contributed by atoms with E-state index in [0.29, 0.717) is 6.61 Å². The van der Waals surface area contributed by atoms with Crippen LogP contribution in [0.1, 0.15) is 37.7 Å². The van der Waals surface area contributed by atoms with Gasteiger partial charge in [-0.1, -0.05) is 12.8 Å². The molecule has 0 bridgehead atoms. The number of rotatable bonds is 5. The monoisotopic (exact) mass is 263 g/mol. The zero-order valence-electron chi connectivity index (χ0n) is 11.9. The Balaban J connectivity index is 1.62. The molecular weight excluding hydrogens is 238 g/mol. The molecule has 1 atom stereocenters. The summed E-state index contributed by atoms with van der Waals surface area (Å²) in [6, 6.07) is 0. The number of hydrogen-bond acceptors (Lipinski definition) is 3. The molecule has 1 aliphatic carbocycles. The summed E-state index contributed by atoms with van der Waals surface area (Å²) in [6.07, 6.45) is 10.4. The molecule has 2 heterocycles. The van der Waals surface area contributed by atoms with Crippen molar-refractivity contribution in [3.05, 3.63) is 18.0 Å². The van der Waals surface area contributed by atoms with Crippen LogP contribution in [0.5, 0.6) is 0 Å². The number of aryl methyl sites for hydroxylation is 1. The van der Waals surface area contributed by atoms with E-state index < -0.39 is 0 Å². The van der Waals surface area contributed by atoms with E-state index in [1.54, 1.807) is 0 Å². The predicted molar refractivity (Wildman–Crippen MR) is 74.6 cm³/mol. The van der Waals surface area contributed by atoms with Gasteiger partial charge in [0.1, 0.15) is 0 Å². The molecule has 0 spiro atoms. The summed E-state index contributed by atoms with van der Waals surface area (Å²) in [4.78, 5) is 2.50. The van der Waals surface area contributed by atoms with Crippen LogP contribution in [0.15, 0.2) is 12.4 Å². The Kier molecular flexibility index (Phi) is 3.63. The van der Waals surface area contributed by atoms with Crippen LogP contribution in [-0.2, 0) is 13.6 Å². The van der Waals surface area contributed by atoms with Crippen LogP contribution in [0.2, 0.25) is 0 Å². The second kappa shape index (κ2) is 5.25. The van der Waals surface area contributed by atoms with Crippen LogP contribution in [0.4, 0.5) is 0 Å². The largest absolute Gasteiger partial charge is 0.396 e. The van der Waals surface area contributed by atoms with E-state index >= 15 is 0 Å². The predicted octanol–water partition coefficient (Wildman–Crippen LogP) is 1.79. The fraction of sp³-hybridized carbons (Fsp3) is 0.800. The Labute approximate surface area is 115 Å². The van der Waals surface area contributed by atoms with E-state index in [4.69, 9.17) is 0 Å². The maximum atomic E-state index is 9.86. The van der Waals surface area contributed by atoms with E-state index in [1.165, 1.54) is 37.7 Å². The molecule has 0 aromatic carbocycles.